The summed E-state index contributed by atoms with van der Waals surface area (Å²) in [7, 11) is 1.72. The molecular formula is C21H24N4O3S. The van der Waals surface area contributed by atoms with Crippen LogP contribution in [-0.2, 0) is 4.79 Å². The highest BCUT2D eigenvalue weighted by atomic mass is 32.1. The van der Waals surface area contributed by atoms with Gasteiger partial charge in [0.05, 0.1) is 10.4 Å². The number of rotatable bonds is 6. The summed E-state index contributed by atoms with van der Waals surface area (Å²) >= 11 is 1.32. The minimum atomic E-state index is -0.288. The molecule has 0 aliphatic rings. The molecule has 1 aromatic carbocycles. The lowest BCUT2D eigenvalue weighted by Crippen LogP contribution is -2.30. The maximum absolute atomic E-state index is 12.7. The molecule has 3 rings (SSSR count). The molecule has 7 nitrogen and oxygen atoms in total. The van der Waals surface area contributed by atoms with Crippen molar-refractivity contribution >= 4 is 51.5 Å². The molecule has 0 unspecified atom stereocenters. The van der Waals surface area contributed by atoms with Crippen LogP contribution in [0.25, 0.3) is 10.9 Å². The maximum atomic E-state index is 12.7. The fraction of sp³-hybridized carbons (Fsp3) is 0.286. The summed E-state index contributed by atoms with van der Waals surface area (Å²) in [6.45, 7) is 5.99. The molecule has 152 valence electrons. The third kappa shape index (κ3) is 4.17. The van der Waals surface area contributed by atoms with Gasteiger partial charge in [-0.3, -0.25) is 14.4 Å². The van der Waals surface area contributed by atoms with Crippen LogP contribution in [0, 0.1) is 5.92 Å². The lowest BCUT2D eigenvalue weighted by atomic mass is 10.1. The second kappa shape index (κ2) is 8.48. The van der Waals surface area contributed by atoms with Crippen molar-refractivity contribution in [1.82, 2.24) is 10.3 Å². The standard InChI is InChI=1S/C21H24N4O3S/c1-5-22-20(27)17-14-9-8-13(25(4)21(28)12(2)3)11-15(14)23-18(17)24-19(26)16-7-6-10-29-16/h6-12,23H,5H2,1-4H3,(H,22,27)(H,24,26). The molecule has 3 amide bonds. The van der Waals surface area contributed by atoms with Crippen molar-refractivity contribution in [3.8, 4) is 0 Å². The molecule has 3 aromatic rings. The van der Waals surface area contributed by atoms with E-state index in [0.717, 1.165) is 0 Å². The number of anilines is 2. The normalized spacial score (nSPS) is 10.9. The van der Waals surface area contributed by atoms with Gasteiger partial charge in [-0.05, 0) is 36.6 Å². The van der Waals surface area contributed by atoms with Crippen molar-refractivity contribution in [2.24, 2.45) is 5.92 Å². The summed E-state index contributed by atoms with van der Waals surface area (Å²) in [6.07, 6.45) is 0. The lowest BCUT2D eigenvalue weighted by Gasteiger charge is -2.19. The number of benzene rings is 1. The molecule has 0 radical (unpaired) electrons. The number of nitrogens with zero attached hydrogens (tertiary/aromatic N) is 1. The van der Waals surface area contributed by atoms with Gasteiger partial charge < -0.3 is 20.5 Å². The van der Waals surface area contributed by atoms with Gasteiger partial charge in [0, 0.05) is 36.1 Å². The smallest absolute Gasteiger partial charge is 0.266 e. The number of aromatic nitrogens is 1. The Kier molecular flexibility index (Phi) is 6.03. The summed E-state index contributed by atoms with van der Waals surface area (Å²) in [4.78, 5) is 42.8. The van der Waals surface area contributed by atoms with E-state index in [1.807, 2.05) is 26.2 Å². The molecule has 3 N–H and O–H groups in total. The predicted molar refractivity (Wildman–Crippen MR) is 117 cm³/mol. The molecule has 0 spiro atoms. The fourth-order valence-electron chi connectivity index (χ4n) is 3.07. The molecule has 0 saturated carbocycles. The van der Waals surface area contributed by atoms with Crippen LogP contribution in [0.4, 0.5) is 11.5 Å². The number of fused-ring (bicyclic) bond motifs is 1. The van der Waals surface area contributed by atoms with Gasteiger partial charge in [-0.15, -0.1) is 11.3 Å². The summed E-state index contributed by atoms with van der Waals surface area (Å²) in [6, 6.07) is 8.90. The van der Waals surface area contributed by atoms with E-state index in [1.165, 1.54) is 11.3 Å². The Balaban J connectivity index is 2.04. The van der Waals surface area contributed by atoms with Gasteiger partial charge in [0.25, 0.3) is 11.8 Å². The number of H-pyrrole nitrogens is 1. The first kappa shape index (κ1) is 20.6. The Labute approximate surface area is 173 Å². The van der Waals surface area contributed by atoms with Crippen molar-refractivity contribution in [3.63, 3.8) is 0 Å². The Morgan fingerprint density at radius 3 is 2.55 bits per heavy atom. The first-order chi connectivity index (χ1) is 13.8. The number of hydrogen-bond donors (Lipinski definition) is 3. The van der Waals surface area contributed by atoms with Crippen molar-refractivity contribution in [2.75, 3.05) is 23.8 Å². The SMILES string of the molecule is CCNC(=O)c1c(NC(=O)c2cccs2)[nH]c2cc(N(C)C(=O)C(C)C)ccc12. The highest BCUT2D eigenvalue weighted by molar-refractivity contribution is 7.12. The molecule has 0 aliphatic carbocycles. The van der Waals surface area contributed by atoms with Gasteiger partial charge in [-0.25, -0.2) is 0 Å². The van der Waals surface area contributed by atoms with E-state index in [0.29, 0.717) is 39.4 Å². The summed E-state index contributed by atoms with van der Waals surface area (Å²) in [5.74, 6) is -0.375. The molecule has 0 fully saturated rings. The van der Waals surface area contributed by atoms with Crippen molar-refractivity contribution in [2.45, 2.75) is 20.8 Å². The molecule has 29 heavy (non-hydrogen) atoms. The number of carbonyl (C=O) groups is 3. The van der Waals surface area contributed by atoms with Crippen molar-refractivity contribution in [3.05, 3.63) is 46.2 Å². The quantitative estimate of drug-likeness (QED) is 0.574. The van der Waals surface area contributed by atoms with Gasteiger partial charge >= 0.3 is 0 Å². The monoisotopic (exact) mass is 412 g/mol. The third-order valence-electron chi connectivity index (χ3n) is 4.54. The van der Waals surface area contributed by atoms with Crippen LogP contribution in [0.15, 0.2) is 35.7 Å². The summed E-state index contributed by atoms with van der Waals surface area (Å²) < 4.78 is 0. The van der Waals surface area contributed by atoms with E-state index in [-0.39, 0.29) is 23.6 Å². The zero-order valence-corrected chi connectivity index (χ0v) is 17.6. The van der Waals surface area contributed by atoms with Gasteiger partial charge in [0.2, 0.25) is 5.91 Å². The van der Waals surface area contributed by atoms with E-state index < -0.39 is 0 Å². The molecule has 2 aromatic heterocycles. The minimum Gasteiger partial charge on any atom is -0.352 e. The van der Waals surface area contributed by atoms with E-state index in [2.05, 4.69) is 15.6 Å². The van der Waals surface area contributed by atoms with Gasteiger partial charge in [0.1, 0.15) is 5.82 Å². The second-order valence-corrected chi connectivity index (χ2v) is 7.90. The van der Waals surface area contributed by atoms with Crippen LogP contribution in [0.1, 0.15) is 40.8 Å². The Bertz CT molecular complexity index is 1050. The highest BCUT2D eigenvalue weighted by Gasteiger charge is 2.22. The zero-order valence-electron chi connectivity index (χ0n) is 16.8. The molecule has 0 aliphatic heterocycles. The molecule has 8 heteroatoms. The predicted octanol–water partition coefficient (Wildman–Crippen LogP) is 3.85. The topological polar surface area (TPSA) is 94.3 Å². The first-order valence-corrected chi connectivity index (χ1v) is 10.3. The zero-order chi connectivity index (χ0) is 21.1. The van der Waals surface area contributed by atoms with Gasteiger partial charge in [-0.1, -0.05) is 19.9 Å². The number of amides is 3. The maximum Gasteiger partial charge on any atom is 0.266 e. The molecule has 0 bridgehead atoms. The van der Waals surface area contributed by atoms with Crippen molar-refractivity contribution < 1.29 is 14.4 Å². The van der Waals surface area contributed by atoms with Crippen LogP contribution >= 0.6 is 11.3 Å². The van der Waals surface area contributed by atoms with Crippen LogP contribution in [0.3, 0.4) is 0 Å². The Hall–Kier alpha value is -3.13. The van der Waals surface area contributed by atoms with Crippen LogP contribution in [0.5, 0.6) is 0 Å². The Morgan fingerprint density at radius 2 is 1.93 bits per heavy atom. The molecular weight excluding hydrogens is 388 g/mol. The molecule has 0 atom stereocenters. The number of nitrogens with one attached hydrogen (secondary N) is 3. The minimum absolute atomic E-state index is 0.00826. The lowest BCUT2D eigenvalue weighted by molar-refractivity contribution is -0.121. The van der Waals surface area contributed by atoms with Crippen LogP contribution in [-0.4, -0.2) is 36.3 Å². The number of carbonyl (C=O) groups excluding carboxylic acids is 3. The van der Waals surface area contributed by atoms with E-state index in [9.17, 15) is 14.4 Å². The average molecular weight is 413 g/mol. The number of thiophene rings is 1. The van der Waals surface area contributed by atoms with Gasteiger partial charge in [-0.2, -0.15) is 0 Å². The van der Waals surface area contributed by atoms with E-state index in [1.54, 1.807) is 42.3 Å². The first-order valence-electron chi connectivity index (χ1n) is 9.39. The van der Waals surface area contributed by atoms with Crippen LogP contribution in [0.2, 0.25) is 0 Å². The van der Waals surface area contributed by atoms with Crippen molar-refractivity contribution in [1.29, 1.82) is 0 Å². The van der Waals surface area contributed by atoms with Gasteiger partial charge in [0.15, 0.2) is 0 Å². The number of aromatic amines is 1. The third-order valence-corrected chi connectivity index (χ3v) is 5.41. The van der Waals surface area contributed by atoms with E-state index >= 15 is 0 Å². The largest absolute Gasteiger partial charge is 0.352 e. The summed E-state index contributed by atoms with van der Waals surface area (Å²) in [5.41, 5.74) is 1.74. The summed E-state index contributed by atoms with van der Waals surface area (Å²) in [5, 5.41) is 8.08. The fourth-order valence-corrected chi connectivity index (χ4v) is 3.69. The van der Waals surface area contributed by atoms with E-state index in [4.69, 9.17) is 0 Å². The average Bonchev–Trinajstić information content (AvgIpc) is 3.34. The molecule has 0 saturated heterocycles. The van der Waals surface area contributed by atoms with Crippen LogP contribution < -0.4 is 15.5 Å². The number of hydrogen-bond acceptors (Lipinski definition) is 4. The second-order valence-electron chi connectivity index (χ2n) is 6.95. The highest BCUT2D eigenvalue weighted by Crippen LogP contribution is 2.30. The molecule has 2 heterocycles. The Morgan fingerprint density at radius 1 is 1.17 bits per heavy atom.